The third-order valence-electron chi connectivity index (χ3n) is 6.11. The van der Waals surface area contributed by atoms with Gasteiger partial charge in [-0.15, -0.1) is 0 Å². The van der Waals surface area contributed by atoms with Gasteiger partial charge in [0.2, 0.25) is 5.91 Å². The lowest BCUT2D eigenvalue weighted by molar-refractivity contribution is -0.136. The molecule has 0 unspecified atom stereocenters. The maximum atomic E-state index is 12.8. The van der Waals surface area contributed by atoms with Crippen LogP contribution in [0.5, 0.6) is 0 Å². The van der Waals surface area contributed by atoms with Crippen LogP contribution in [0.25, 0.3) is 0 Å². The second-order valence-corrected chi connectivity index (χ2v) is 7.97. The van der Waals surface area contributed by atoms with Crippen LogP contribution in [0.1, 0.15) is 50.8 Å². The van der Waals surface area contributed by atoms with E-state index in [2.05, 4.69) is 30.7 Å². The summed E-state index contributed by atoms with van der Waals surface area (Å²) in [5, 5.41) is 0. The summed E-state index contributed by atoms with van der Waals surface area (Å²) in [7, 11) is 0. The van der Waals surface area contributed by atoms with E-state index in [4.69, 9.17) is 0 Å². The Labute approximate surface area is 156 Å². The second kappa shape index (κ2) is 7.80. The van der Waals surface area contributed by atoms with Crippen molar-refractivity contribution < 1.29 is 4.79 Å². The van der Waals surface area contributed by atoms with Crippen LogP contribution in [-0.4, -0.2) is 60.0 Å². The molecule has 0 atom stereocenters. The van der Waals surface area contributed by atoms with Gasteiger partial charge in [0.05, 0.1) is 0 Å². The largest absolute Gasteiger partial charge is 0.356 e. The Morgan fingerprint density at radius 3 is 2.04 bits per heavy atom. The molecule has 1 saturated carbocycles. The molecule has 0 aromatic carbocycles. The fraction of sp³-hybridized carbons (Fsp3) is 0.750. The van der Waals surface area contributed by atoms with Gasteiger partial charge >= 0.3 is 0 Å². The topological polar surface area (TPSA) is 52.6 Å². The van der Waals surface area contributed by atoms with Crippen LogP contribution in [0.3, 0.4) is 0 Å². The number of hydrogen-bond donors (Lipinski definition) is 0. The molecule has 26 heavy (non-hydrogen) atoms. The van der Waals surface area contributed by atoms with Crippen LogP contribution in [0, 0.1) is 12.8 Å². The lowest BCUT2D eigenvalue weighted by Gasteiger charge is -2.38. The van der Waals surface area contributed by atoms with E-state index in [1.807, 2.05) is 6.92 Å². The number of hydrogen-bond acceptors (Lipinski definition) is 5. The van der Waals surface area contributed by atoms with Crippen molar-refractivity contribution in [2.45, 2.75) is 51.9 Å². The van der Waals surface area contributed by atoms with Gasteiger partial charge in [-0.25, -0.2) is 9.97 Å². The number of piperazine rings is 1. The number of anilines is 2. The van der Waals surface area contributed by atoms with Crippen LogP contribution in [0.4, 0.5) is 11.6 Å². The number of amides is 1. The van der Waals surface area contributed by atoms with Crippen molar-refractivity contribution >= 4 is 17.5 Å². The maximum Gasteiger partial charge on any atom is 0.225 e. The molecule has 0 bridgehead atoms. The predicted molar refractivity (Wildman–Crippen MR) is 104 cm³/mol. The SMILES string of the molecule is Cc1nc(N2CCCC2)cc(N2CCN(C(=O)C3CCCCC3)CC2)n1. The molecule has 2 aliphatic heterocycles. The molecular weight excluding hydrogens is 326 g/mol. The first-order valence-electron chi connectivity index (χ1n) is 10.3. The highest BCUT2D eigenvalue weighted by Crippen LogP contribution is 2.27. The number of rotatable bonds is 3. The molecule has 3 heterocycles. The predicted octanol–water partition coefficient (Wildman–Crippen LogP) is 2.61. The number of carbonyl (C=O) groups excluding carboxylic acids is 1. The zero-order valence-electron chi connectivity index (χ0n) is 16.0. The molecule has 3 fully saturated rings. The van der Waals surface area contributed by atoms with E-state index in [0.29, 0.717) is 5.91 Å². The van der Waals surface area contributed by atoms with Gasteiger partial charge in [-0.3, -0.25) is 4.79 Å². The summed E-state index contributed by atoms with van der Waals surface area (Å²) in [6.45, 7) is 7.54. The molecule has 3 aliphatic rings. The number of aryl methyl sites for hydroxylation is 1. The molecule has 0 radical (unpaired) electrons. The standard InChI is InChI=1S/C20H31N5O/c1-16-21-18(23-9-5-6-10-23)15-19(22-16)24-11-13-25(14-12-24)20(26)17-7-3-2-4-8-17/h15,17H,2-14H2,1H3. The summed E-state index contributed by atoms with van der Waals surface area (Å²) in [6, 6.07) is 2.14. The Balaban J connectivity index is 1.39. The lowest BCUT2D eigenvalue weighted by Crippen LogP contribution is -2.50. The average Bonchev–Trinajstić information content (AvgIpc) is 3.23. The summed E-state index contributed by atoms with van der Waals surface area (Å²) < 4.78 is 0. The fourth-order valence-electron chi connectivity index (χ4n) is 4.57. The first kappa shape index (κ1) is 17.6. The first-order valence-corrected chi connectivity index (χ1v) is 10.3. The van der Waals surface area contributed by atoms with Gasteiger partial charge in [0.15, 0.2) is 0 Å². The fourth-order valence-corrected chi connectivity index (χ4v) is 4.57. The van der Waals surface area contributed by atoms with E-state index in [1.165, 1.54) is 32.1 Å². The van der Waals surface area contributed by atoms with Crippen molar-refractivity contribution in [3.05, 3.63) is 11.9 Å². The smallest absolute Gasteiger partial charge is 0.225 e. The number of aromatic nitrogens is 2. The highest BCUT2D eigenvalue weighted by Gasteiger charge is 2.29. The monoisotopic (exact) mass is 357 g/mol. The van der Waals surface area contributed by atoms with Crippen molar-refractivity contribution in [3.8, 4) is 0 Å². The molecule has 4 rings (SSSR count). The summed E-state index contributed by atoms with van der Waals surface area (Å²) in [5.41, 5.74) is 0. The molecule has 0 spiro atoms. The Morgan fingerprint density at radius 2 is 1.42 bits per heavy atom. The van der Waals surface area contributed by atoms with Crippen molar-refractivity contribution in [2.24, 2.45) is 5.92 Å². The molecular formula is C20H31N5O. The number of nitrogens with zero attached hydrogens (tertiary/aromatic N) is 5. The lowest BCUT2D eigenvalue weighted by atomic mass is 9.88. The molecule has 1 aromatic rings. The van der Waals surface area contributed by atoms with Crippen molar-refractivity contribution in [2.75, 3.05) is 49.1 Å². The van der Waals surface area contributed by atoms with Crippen LogP contribution in [-0.2, 0) is 4.79 Å². The Hall–Kier alpha value is -1.85. The second-order valence-electron chi connectivity index (χ2n) is 7.97. The third-order valence-corrected chi connectivity index (χ3v) is 6.11. The summed E-state index contributed by atoms with van der Waals surface area (Å²) in [4.78, 5) is 28.8. The van der Waals surface area contributed by atoms with Gasteiger partial charge in [-0.05, 0) is 32.6 Å². The molecule has 142 valence electrons. The van der Waals surface area contributed by atoms with E-state index >= 15 is 0 Å². The van der Waals surface area contributed by atoms with Crippen LogP contribution < -0.4 is 9.80 Å². The van der Waals surface area contributed by atoms with Crippen LogP contribution >= 0.6 is 0 Å². The Kier molecular flexibility index (Phi) is 5.27. The van der Waals surface area contributed by atoms with Crippen LogP contribution in [0.15, 0.2) is 6.07 Å². The minimum Gasteiger partial charge on any atom is -0.356 e. The summed E-state index contributed by atoms with van der Waals surface area (Å²) >= 11 is 0. The molecule has 1 aromatic heterocycles. The minimum atomic E-state index is 0.276. The van der Waals surface area contributed by atoms with Gasteiger partial charge in [-0.1, -0.05) is 19.3 Å². The van der Waals surface area contributed by atoms with E-state index in [0.717, 1.165) is 69.6 Å². The molecule has 0 N–H and O–H groups in total. The highest BCUT2D eigenvalue weighted by molar-refractivity contribution is 5.79. The summed E-state index contributed by atoms with van der Waals surface area (Å²) in [6.07, 6.45) is 8.41. The van der Waals surface area contributed by atoms with Gasteiger partial charge in [-0.2, -0.15) is 0 Å². The normalized spacial score (nSPS) is 22.1. The average molecular weight is 358 g/mol. The first-order chi connectivity index (χ1) is 12.7. The highest BCUT2D eigenvalue weighted by atomic mass is 16.2. The molecule has 6 heteroatoms. The third kappa shape index (κ3) is 3.79. The zero-order valence-corrected chi connectivity index (χ0v) is 16.0. The molecule has 1 amide bonds. The zero-order chi connectivity index (χ0) is 17.9. The van der Waals surface area contributed by atoms with Gasteiger partial charge in [0.25, 0.3) is 0 Å². The number of carbonyl (C=O) groups is 1. The van der Waals surface area contributed by atoms with Crippen molar-refractivity contribution in [1.82, 2.24) is 14.9 Å². The van der Waals surface area contributed by atoms with Gasteiger partial charge < -0.3 is 14.7 Å². The van der Waals surface area contributed by atoms with Crippen molar-refractivity contribution in [1.29, 1.82) is 0 Å². The van der Waals surface area contributed by atoms with Gasteiger partial charge in [0, 0.05) is 51.3 Å². The quantitative estimate of drug-likeness (QED) is 0.832. The maximum absolute atomic E-state index is 12.8. The van der Waals surface area contributed by atoms with Crippen molar-refractivity contribution in [3.63, 3.8) is 0 Å². The van der Waals surface area contributed by atoms with E-state index in [-0.39, 0.29) is 5.92 Å². The Bertz CT molecular complexity index is 629. The van der Waals surface area contributed by atoms with Gasteiger partial charge in [0.1, 0.15) is 17.5 Å². The minimum absolute atomic E-state index is 0.276. The van der Waals surface area contributed by atoms with Crippen LogP contribution in [0.2, 0.25) is 0 Å². The molecule has 1 aliphatic carbocycles. The Morgan fingerprint density at radius 1 is 0.846 bits per heavy atom. The van der Waals surface area contributed by atoms with E-state index < -0.39 is 0 Å². The molecule has 2 saturated heterocycles. The van der Waals surface area contributed by atoms with E-state index in [1.54, 1.807) is 0 Å². The van der Waals surface area contributed by atoms with E-state index in [9.17, 15) is 4.79 Å². The molecule has 6 nitrogen and oxygen atoms in total. The summed E-state index contributed by atoms with van der Waals surface area (Å²) in [5.74, 6) is 3.58.